The van der Waals surface area contributed by atoms with Crippen molar-refractivity contribution < 1.29 is 218 Å². The van der Waals surface area contributed by atoms with Crippen molar-refractivity contribution in [3.05, 3.63) is 11.6 Å². The Bertz CT molecular complexity index is 3650. The van der Waals surface area contributed by atoms with Gasteiger partial charge in [-0.05, 0) is 123 Å². The molecule has 9 aliphatic heterocycles. The second-order valence-corrected chi connectivity index (χ2v) is 39.5. The van der Waals surface area contributed by atoms with Crippen LogP contribution in [0.25, 0.3) is 0 Å². The zero-order chi connectivity index (χ0) is 91.9. The summed E-state index contributed by atoms with van der Waals surface area (Å²) in [6, 6.07) is 0. The highest BCUT2D eigenvalue weighted by atomic mass is 16.8. The third-order valence-corrected chi connectivity index (χ3v) is 31.3. The van der Waals surface area contributed by atoms with E-state index in [2.05, 4.69) is 40.7 Å². The van der Waals surface area contributed by atoms with E-state index in [-0.39, 0.29) is 30.1 Å². The van der Waals surface area contributed by atoms with Crippen LogP contribution in [0.2, 0.25) is 0 Å². The Kier molecular flexibility index (Phi) is 30.2. The SMILES string of the molecule is C[C@@H]1O[C@@H](OC[C@H]2O[C@@H](O[C@H]3[C@H](O)[C@@H](O)[C@H](O[C@@H]4CO[C@@H](O[C@@H]5[C@@H](O)[C@H](C)O[C@@H](O[C@H]6[C@H](O[C@H]7CC[C@]8(C)[C@H]9CC=C%10[C@@H]%11CC(C)(C)[C@H](O)C[C@]%11(C(=O)O[C@@H]%11O[C@H](CO[C@@H]%12O[C@H](CO)[C@@H](O[C@@H]%13O[C@@H](C)[C@H](O)[C@@H](O)[C@H]%13O)[C@H](O)[C@H]%12O)[C@@H](O)[C@H](O)[C@H]%11O)CC[C@@]%10(C)[C@]9(C)CC[C@H]8C7(C)C)OC[C@H](O)[C@@H]6O)[C@@H]5O)[C@H](O)[C@@H]4O)O[C@@H]3CO)[C@H](O)[C@@H](O)[C@@H]2O)[C@H](O)[C@H](O)[C@H]1O. The number of carbonyl (C=O) groups excluding carboxylic acids is 1. The average Bonchev–Trinajstić information content (AvgIpc) is 0.671. The van der Waals surface area contributed by atoms with Crippen molar-refractivity contribution in [2.24, 2.45) is 50.2 Å². The van der Waals surface area contributed by atoms with E-state index >= 15 is 4.79 Å². The lowest BCUT2D eigenvalue weighted by Crippen LogP contribution is -2.67. The molecule has 44 heteroatoms. The fourth-order valence-electron chi connectivity index (χ4n) is 23.0. The summed E-state index contributed by atoms with van der Waals surface area (Å²) >= 11 is 0. The summed E-state index contributed by atoms with van der Waals surface area (Å²) in [6.07, 6.45) is -69.5. The van der Waals surface area contributed by atoms with E-state index in [9.17, 15) is 128 Å². The highest BCUT2D eigenvalue weighted by Crippen LogP contribution is 2.76. The van der Waals surface area contributed by atoms with Gasteiger partial charge in [-0.1, -0.05) is 60.1 Å². The molecule has 0 aromatic carbocycles. The van der Waals surface area contributed by atoms with E-state index in [0.29, 0.717) is 38.5 Å². The highest BCUT2D eigenvalue weighted by Gasteiger charge is 2.72. The number of esters is 1. The molecule has 126 heavy (non-hydrogen) atoms. The molecule has 5 aliphatic carbocycles. The molecule has 0 aromatic heterocycles. The van der Waals surface area contributed by atoms with Crippen LogP contribution in [0.15, 0.2) is 11.6 Å². The molecule has 0 radical (unpaired) electrons. The summed E-state index contributed by atoms with van der Waals surface area (Å²) in [4.78, 5) is 15.5. The molecule has 9 heterocycles. The Balaban J connectivity index is 0.595. The largest absolute Gasteiger partial charge is 0.432 e. The number of hydrogen-bond donors (Lipinski definition) is 25. The van der Waals surface area contributed by atoms with Gasteiger partial charge in [0.15, 0.2) is 50.3 Å². The average molecular weight is 1820 g/mol. The lowest BCUT2D eigenvalue weighted by atomic mass is 9.33. The van der Waals surface area contributed by atoms with Gasteiger partial charge in [-0.25, -0.2) is 0 Å². The molecule has 44 nitrogen and oxygen atoms in total. The van der Waals surface area contributed by atoms with Crippen molar-refractivity contribution in [1.29, 1.82) is 0 Å². The van der Waals surface area contributed by atoms with Gasteiger partial charge in [-0.15, -0.1) is 0 Å². The Labute approximate surface area is 726 Å². The van der Waals surface area contributed by atoms with Crippen LogP contribution < -0.4 is 0 Å². The van der Waals surface area contributed by atoms with E-state index in [4.69, 9.17) is 85.3 Å². The van der Waals surface area contributed by atoms with Crippen molar-refractivity contribution in [2.45, 2.75) is 403 Å². The summed E-state index contributed by atoms with van der Waals surface area (Å²) in [7, 11) is 0. The van der Waals surface area contributed by atoms with E-state index in [1.807, 2.05) is 13.8 Å². The van der Waals surface area contributed by atoms with Crippen LogP contribution >= 0.6 is 0 Å². The molecule has 0 spiro atoms. The van der Waals surface area contributed by atoms with Crippen LogP contribution in [0.3, 0.4) is 0 Å². The standard InChI is InChI=1S/C82H134O44/c1-27-42(87)49(94)56(101)67(113-27)110-24-35-46(91)51(96)58(103)72(119-35)123-64-34(22-84)117-71(61(106)54(64)99)118-37-26-112-69(55(100)48(37)93)124-65-44(89)29(3)115-74(62(65)107)125-66-45(90)32(85)23-109-75(66)121-41-14-15-79(8)38(78(41,6)7)13-16-81(10)39(79)12-11-30-31-19-77(4,5)40(86)20-82(31,18-17-80(30,81)9)76(108)126-73-59(104)52(97)47(92)36(120-73)25-111-68-60(105)53(98)63(33(21-83)116-68)122-70-57(102)50(95)43(88)28(2)114-70/h11,27-29,31-75,83-107H,12-26H2,1-10H3/t27-,28-,29-,31-,32-,33+,34+,35+,36+,37+,38-,39+,40+,41-,42-,43-,44-,45-,46+,47+,48+,49+,50+,51-,52-,53+,54+,55+,56+,57+,58+,59+,60+,61+,62+,63+,64+,65+,66+,67+,68+,69-,70-,71-,72-,73-,74-,75-,79-,80+,81+,82+/m0/s1. The summed E-state index contributed by atoms with van der Waals surface area (Å²) in [5.74, 6) is -1.28. The van der Waals surface area contributed by atoms with Crippen molar-refractivity contribution in [1.82, 2.24) is 0 Å². The van der Waals surface area contributed by atoms with Crippen molar-refractivity contribution >= 4 is 5.97 Å². The monoisotopic (exact) mass is 1820 g/mol. The van der Waals surface area contributed by atoms with Crippen LogP contribution in [-0.4, -0.2) is 450 Å². The van der Waals surface area contributed by atoms with E-state index in [0.717, 1.165) is 12.0 Å². The lowest BCUT2D eigenvalue weighted by molar-refractivity contribution is -0.387. The molecule has 0 unspecified atom stereocenters. The minimum Gasteiger partial charge on any atom is -0.432 e. The predicted octanol–water partition coefficient (Wildman–Crippen LogP) is -9.58. The Morgan fingerprint density at radius 2 is 0.841 bits per heavy atom. The maximum atomic E-state index is 15.5. The summed E-state index contributed by atoms with van der Waals surface area (Å²) in [5.41, 5.74) is -2.99. The maximum Gasteiger partial charge on any atom is 0.315 e. The first-order chi connectivity index (χ1) is 59.1. The molecule has 14 aliphatic rings. The van der Waals surface area contributed by atoms with E-state index in [1.165, 1.54) is 20.8 Å². The maximum absolute atomic E-state index is 15.5. The van der Waals surface area contributed by atoms with Crippen molar-refractivity contribution in [3.8, 4) is 0 Å². The lowest BCUT2D eigenvalue weighted by Gasteiger charge is -2.71. The zero-order valence-electron chi connectivity index (χ0n) is 71.8. The van der Waals surface area contributed by atoms with E-state index in [1.54, 1.807) is 0 Å². The molecule has 4 saturated carbocycles. The first-order valence-corrected chi connectivity index (χ1v) is 43.9. The first kappa shape index (κ1) is 99.5. The van der Waals surface area contributed by atoms with Crippen LogP contribution in [-0.2, 0) is 90.1 Å². The normalized spacial score (nSPS) is 55.2. The van der Waals surface area contributed by atoms with Gasteiger partial charge in [-0.2, -0.15) is 0 Å². The molecule has 14 rings (SSSR count). The molecule has 0 aromatic rings. The zero-order valence-corrected chi connectivity index (χ0v) is 71.8. The molecule has 52 atom stereocenters. The summed E-state index contributed by atoms with van der Waals surface area (Å²) in [6.45, 7) is 14.9. The molecule has 9 saturated heterocycles. The van der Waals surface area contributed by atoms with Gasteiger partial charge in [0.1, 0.15) is 189 Å². The second kappa shape index (κ2) is 38.2. The van der Waals surface area contributed by atoms with Gasteiger partial charge in [0.25, 0.3) is 0 Å². The van der Waals surface area contributed by atoms with Gasteiger partial charge in [0.2, 0.25) is 6.29 Å². The van der Waals surface area contributed by atoms with Crippen LogP contribution in [0.5, 0.6) is 0 Å². The molecular weight excluding hydrogens is 1690 g/mol. The molecule has 0 amide bonds. The third kappa shape index (κ3) is 17.8. The number of aliphatic hydroxyl groups is 25. The predicted molar refractivity (Wildman–Crippen MR) is 411 cm³/mol. The molecule has 726 valence electrons. The van der Waals surface area contributed by atoms with E-state index < -0.39 is 355 Å². The number of carbonyl (C=O) groups is 1. The quantitative estimate of drug-likeness (QED) is 0.0272. The number of hydrogen-bond acceptors (Lipinski definition) is 44. The number of fused-ring (bicyclic) bond motifs is 7. The molecule has 0 bridgehead atoms. The van der Waals surface area contributed by atoms with Gasteiger partial charge >= 0.3 is 5.97 Å². The number of aliphatic hydroxyl groups excluding tert-OH is 25. The van der Waals surface area contributed by atoms with Gasteiger partial charge in [0.05, 0.1) is 75.6 Å². The Morgan fingerprint density at radius 3 is 1.43 bits per heavy atom. The Hall–Kier alpha value is -2.47. The Morgan fingerprint density at radius 1 is 0.389 bits per heavy atom. The van der Waals surface area contributed by atoms with Gasteiger partial charge in [0, 0.05) is 0 Å². The fraction of sp³-hybridized carbons (Fsp3) is 0.963. The summed E-state index contributed by atoms with van der Waals surface area (Å²) in [5, 5.41) is 276. The van der Waals surface area contributed by atoms with Crippen molar-refractivity contribution in [3.63, 3.8) is 0 Å². The van der Waals surface area contributed by atoms with Crippen LogP contribution in [0.1, 0.15) is 127 Å². The molecule has 25 N–H and O–H groups in total. The smallest absolute Gasteiger partial charge is 0.315 e. The van der Waals surface area contributed by atoms with Gasteiger partial charge in [-0.3, -0.25) is 4.79 Å². The van der Waals surface area contributed by atoms with Crippen molar-refractivity contribution in [2.75, 3.05) is 39.6 Å². The highest BCUT2D eigenvalue weighted by molar-refractivity contribution is 5.79. The number of allylic oxidation sites excluding steroid dienone is 2. The fourth-order valence-corrected chi connectivity index (χ4v) is 23.0. The molecular formula is C82H134O44. The number of rotatable bonds is 22. The van der Waals surface area contributed by atoms with Crippen LogP contribution in [0.4, 0.5) is 0 Å². The topological polar surface area (TPSA) is 689 Å². The number of ether oxygens (including phenoxy) is 18. The first-order valence-electron chi connectivity index (χ1n) is 43.9. The minimum absolute atomic E-state index is 0.0101. The minimum atomic E-state index is -2.10. The van der Waals surface area contributed by atoms with Crippen LogP contribution in [0, 0.1) is 50.2 Å². The van der Waals surface area contributed by atoms with Gasteiger partial charge < -0.3 is 213 Å². The summed E-state index contributed by atoms with van der Waals surface area (Å²) < 4.78 is 106. The third-order valence-electron chi connectivity index (χ3n) is 31.3. The second-order valence-electron chi connectivity index (χ2n) is 39.5. The molecule has 13 fully saturated rings.